The number of nitrogens with one attached hydrogen (secondary N) is 3. The molecule has 0 spiro atoms. The molecule has 34 heavy (non-hydrogen) atoms. The standard InChI is InChI=1S/C20H26ClF3N6O2S2/c1-19(2,3)32-18(31)28-12-6-4-11(5-7-12)27-15-8-13(26-10-20(22,23)24)14(9-25-15)29-17-16(21)30-34-33-17/h8-9,11-12H,4-7,10H2,1-3H3,(H,28,31)(H2,25,26,27). The molecule has 188 valence electrons. The first-order valence-corrected chi connectivity index (χ1v) is 13.1. The minimum Gasteiger partial charge on any atom is -0.444 e. The average Bonchev–Trinajstić information content (AvgIpc) is 3.12. The number of alkyl carbamates (subject to hydrolysis) is 1. The molecule has 14 heteroatoms. The zero-order chi connectivity index (χ0) is 24.9. The van der Waals surface area contributed by atoms with E-state index in [1.165, 1.54) is 22.6 Å². The second kappa shape index (κ2) is 11.1. The van der Waals surface area contributed by atoms with Crippen molar-refractivity contribution in [3.63, 3.8) is 0 Å². The lowest BCUT2D eigenvalue weighted by molar-refractivity contribution is -0.115. The Morgan fingerprint density at radius 2 is 1.91 bits per heavy atom. The molecule has 8 nitrogen and oxygen atoms in total. The quantitative estimate of drug-likeness (QED) is 0.407. The molecule has 1 aliphatic carbocycles. The number of alkyl halides is 3. The van der Waals surface area contributed by atoms with Crippen LogP contribution in [0.2, 0.25) is 5.15 Å². The Morgan fingerprint density at radius 1 is 1.24 bits per heavy atom. The summed E-state index contributed by atoms with van der Waals surface area (Å²) in [5.41, 5.74) is -0.139. The third kappa shape index (κ3) is 8.58. The summed E-state index contributed by atoms with van der Waals surface area (Å²) in [6.45, 7) is 4.22. The van der Waals surface area contributed by atoms with Gasteiger partial charge in [-0.05, 0) is 56.8 Å². The first-order chi connectivity index (χ1) is 15.9. The van der Waals surface area contributed by atoms with Crippen LogP contribution in [-0.4, -0.2) is 45.9 Å². The number of halogens is 4. The van der Waals surface area contributed by atoms with Gasteiger partial charge in [0.1, 0.15) is 23.7 Å². The van der Waals surface area contributed by atoms with Crippen molar-refractivity contribution in [2.45, 2.75) is 70.3 Å². The van der Waals surface area contributed by atoms with E-state index in [-0.39, 0.29) is 28.6 Å². The van der Waals surface area contributed by atoms with Crippen LogP contribution in [0.25, 0.3) is 0 Å². The van der Waals surface area contributed by atoms with Gasteiger partial charge in [0, 0.05) is 28.7 Å². The fraction of sp³-hybridized carbons (Fsp3) is 0.600. The maximum absolute atomic E-state index is 12.8. The molecule has 1 aliphatic rings. The van der Waals surface area contributed by atoms with Crippen LogP contribution in [0, 0.1) is 0 Å². The van der Waals surface area contributed by atoms with Gasteiger partial charge in [0.2, 0.25) is 0 Å². The van der Waals surface area contributed by atoms with Crippen LogP contribution in [-0.2, 0) is 4.74 Å². The Labute approximate surface area is 207 Å². The van der Waals surface area contributed by atoms with Gasteiger partial charge in [-0.1, -0.05) is 11.6 Å². The summed E-state index contributed by atoms with van der Waals surface area (Å²) < 4.78 is 48.1. The number of aromatic nitrogens is 2. The molecule has 0 saturated heterocycles. The second-order valence-corrected chi connectivity index (χ2v) is 11.0. The van der Waals surface area contributed by atoms with Crippen molar-refractivity contribution < 1.29 is 22.7 Å². The van der Waals surface area contributed by atoms with Crippen LogP contribution in [0.4, 0.5) is 35.2 Å². The van der Waals surface area contributed by atoms with Crippen molar-refractivity contribution in [3.05, 3.63) is 22.1 Å². The van der Waals surface area contributed by atoms with Gasteiger partial charge in [-0.15, -0.1) is 0 Å². The van der Waals surface area contributed by atoms with Gasteiger partial charge in [-0.3, -0.25) is 0 Å². The van der Waals surface area contributed by atoms with Crippen molar-refractivity contribution in [2.24, 2.45) is 4.99 Å². The minimum atomic E-state index is -4.39. The van der Waals surface area contributed by atoms with Crippen LogP contribution < -0.4 is 20.6 Å². The van der Waals surface area contributed by atoms with Crippen LogP contribution >= 0.6 is 32.5 Å². The summed E-state index contributed by atoms with van der Waals surface area (Å²) in [4.78, 5) is 20.6. The van der Waals surface area contributed by atoms with Gasteiger partial charge in [-0.25, -0.2) is 14.8 Å². The molecule has 2 aromatic rings. The van der Waals surface area contributed by atoms with E-state index in [1.807, 2.05) is 20.8 Å². The lowest BCUT2D eigenvalue weighted by Gasteiger charge is -2.30. The number of rotatable bonds is 6. The number of carbonyl (C=O) groups is 1. The van der Waals surface area contributed by atoms with Crippen LogP contribution in [0.5, 0.6) is 0 Å². The highest BCUT2D eigenvalue weighted by Gasteiger charge is 2.28. The number of anilines is 2. The predicted octanol–water partition coefficient (Wildman–Crippen LogP) is 5.71. The maximum atomic E-state index is 12.8. The molecule has 3 N–H and O–H groups in total. The average molecular weight is 539 g/mol. The molecule has 1 saturated carbocycles. The van der Waals surface area contributed by atoms with E-state index in [9.17, 15) is 18.0 Å². The van der Waals surface area contributed by atoms with Gasteiger partial charge in [-0.2, -0.15) is 17.5 Å². The highest BCUT2D eigenvalue weighted by atomic mass is 35.5. The number of ether oxygens (including phenoxy) is 1. The molecule has 3 rings (SSSR count). The largest absolute Gasteiger partial charge is 0.444 e. The summed E-state index contributed by atoms with van der Waals surface area (Å²) in [7, 11) is 2.36. The third-order valence-corrected chi connectivity index (χ3v) is 6.97. The zero-order valence-corrected chi connectivity index (χ0v) is 21.2. The van der Waals surface area contributed by atoms with Crippen molar-refractivity contribution in [3.8, 4) is 0 Å². The Bertz CT molecular complexity index is 1050. The molecule has 0 radical (unpaired) electrons. The molecule has 1 fully saturated rings. The van der Waals surface area contributed by atoms with E-state index >= 15 is 0 Å². The Hall–Kier alpha value is -2.12. The fourth-order valence-corrected chi connectivity index (χ4v) is 5.34. The molecular formula is C20H26ClF3N6O2S2. The molecule has 1 amide bonds. The maximum Gasteiger partial charge on any atom is 0.407 e. The molecule has 2 heterocycles. The third-order valence-electron chi connectivity index (χ3n) is 4.79. The summed E-state index contributed by atoms with van der Waals surface area (Å²) in [5.74, 6) is 0.436. The number of hydrogen-bond acceptors (Lipinski definition) is 9. The zero-order valence-electron chi connectivity index (χ0n) is 18.8. The second-order valence-electron chi connectivity index (χ2n) is 8.85. The van der Waals surface area contributed by atoms with Gasteiger partial charge < -0.3 is 20.7 Å². The molecular weight excluding hydrogens is 513 g/mol. The fourth-order valence-electron chi connectivity index (χ4n) is 3.35. The van der Waals surface area contributed by atoms with E-state index in [0.717, 1.165) is 36.2 Å². The summed E-state index contributed by atoms with van der Waals surface area (Å²) in [5, 5.41) is 8.75. The monoisotopic (exact) mass is 538 g/mol. The van der Waals surface area contributed by atoms with Crippen molar-refractivity contribution in [1.82, 2.24) is 14.7 Å². The van der Waals surface area contributed by atoms with E-state index in [4.69, 9.17) is 16.3 Å². The first-order valence-electron chi connectivity index (χ1n) is 10.6. The first kappa shape index (κ1) is 26.5. The summed E-state index contributed by atoms with van der Waals surface area (Å²) in [6.07, 6.45) is -0.417. The smallest absolute Gasteiger partial charge is 0.407 e. The molecule has 0 bridgehead atoms. The van der Waals surface area contributed by atoms with Gasteiger partial charge in [0.15, 0.2) is 9.82 Å². The molecule has 0 aliphatic heterocycles. The van der Waals surface area contributed by atoms with Crippen molar-refractivity contribution in [2.75, 3.05) is 17.2 Å². The summed E-state index contributed by atoms with van der Waals surface area (Å²) >= 11 is 5.98. The normalized spacial score (nSPS) is 19.6. The SMILES string of the molecule is CC(C)(C)OC(=O)NC1CCC(Nc2cc(NCC(F)(F)F)c(N=c3ssnc3Cl)cn2)CC1. The predicted molar refractivity (Wildman–Crippen MR) is 128 cm³/mol. The Kier molecular flexibility index (Phi) is 8.63. The number of carbonyl (C=O) groups excluding carboxylic acids is 1. The Morgan fingerprint density at radius 3 is 2.50 bits per heavy atom. The van der Waals surface area contributed by atoms with E-state index in [2.05, 4.69) is 30.3 Å². The van der Waals surface area contributed by atoms with E-state index in [0.29, 0.717) is 10.5 Å². The van der Waals surface area contributed by atoms with Gasteiger partial charge >= 0.3 is 12.3 Å². The summed E-state index contributed by atoms with van der Waals surface area (Å²) in [6, 6.07) is 1.59. The van der Waals surface area contributed by atoms with E-state index in [1.54, 1.807) is 0 Å². The van der Waals surface area contributed by atoms with E-state index < -0.39 is 24.4 Å². The van der Waals surface area contributed by atoms with Crippen molar-refractivity contribution >= 4 is 55.8 Å². The number of amides is 1. The van der Waals surface area contributed by atoms with Crippen LogP contribution in [0.15, 0.2) is 17.3 Å². The number of hydrogen-bond donors (Lipinski definition) is 3. The number of pyridine rings is 1. The minimum absolute atomic E-state index is 0.0104. The van der Waals surface area contributed by atoms with Crippen molar-refractivity contribution in [1.29, 1.82) is 0 Å². The Balaban J connectivity index is 1.65. The molecule has 2 aromatic heterocycles. The number of nitrogens with zero attached hydrogens (tertiary/aromatic N) is 3. The van der Waals surface area contributed by atoms with Crippen LogP contribution in [0.1, 0.15) is 46.5 Å². The topological polar surface area (TPSA) is 101 Å². The van der Waals surface area contributed by atoms with Gasteiger partial charge in [0.25, 0.3) is 0 Å². The van der Waals surface area contributed by atoms with Gasteiger partial charge in [0.05, 0.1) is 11.9 Å². The lowest BCUT2D eigenvalue weighted by Crippen LogP contribution is -2.42. The molecule has 0 atom stereocenters. The molecule has 0 unspecified atom stereocenters. The van der Waals surface area contributed by atoms with Crippen LogP contribution in [0.3, 0.4) is 0 Å². The highest BCUT2D eigenvalue weighted by Crippen LogP contribution is 2.30. The lowest BCUT2D eigenvalue weighted by atomic mass is 9.91. The highest BCUT2D eigenvalue weighted by molar-refractivity contribution is 7.66. The molecule has 0 aromatic carbocycles.